The first-order valence-corrected chi connectivity index (χ1v) is 7.77. The molecule has 0 saturated heterocycles. The first-order valence-electron chi connectivity index (χ1n) is 5.08. The number of halogens is 1. The average Bonchev–Trinajstić information content (AvgIpc) is 2.95. The lowest BCUT2D eigenvalue weighted by Gasteiger charge is -2.14. The molecule has 1 aliphatic carbocycles. The molecule has 17 heavy (non-hydrogen) atoms. The molecule has 1 aliphatic rings. The van der Waals surface area contributed by atoms with E-state index in [1.54, 1.807) is 6.07 Å². The van der Waals surface area contributed by atoms with Gasteiger partial charge in [0.05, 0.1) is 17.2 Å². The van der Waals surface area contributed by atoms with E-state index in [1.807, 2.05) is 0 Å². The van der Waals surface area contributed by atoms with Crippen molar-refractivity contribution in [2.75, 3.05) is 13.4 Å². The molecule has 94 valence electrons. The number of sulfone groups is 1. The van der Waals surface area contributed by atoms with Crippen molar-refractivity contribution in [2.45, 2.75) is 23.3 Å². The standard InChI is InChI=1S/C11H13BrO4S/c1-16-10-8(12)5-7(11(13)3-4-11)6-9(10)17(2,14)15/h5-6,13H,3-4H2,1-2H3. The van der Waals surface area contributed by atoms with Crippen LogP contribution in [0.1, 0.15) is 18.4 Å². The maximum absolute atomic E-state index is 11.7. The van der Waals surface area contributed by atoms with Gasteiger partial charge in [-0.25, -0.2) is 8.42 Å². The fourth-order valence-corrected chi connectivity index (χ4v) is 3.34. The number of methoxy groups -OCH3 is 1. The summed E-state index contributed by atoms with van der Waals surface area (Å²) in [6.07, 6.45) is 2.45. The van der Waals surface area contributed by atoms with E-state index in [9.17, 15) is 13.5 Å². The Kier molecular flexibility index (Phi) is 3.00. The Labute approximate surface area is 109 Å². The molecule has 0 bridgehead atoms. The van der Waals surface area contributed by atoms with Crippen molar-refractivity contribution in [1.82, 2.24) is 0 Å². The van der Waals surface area contributed by atoms with Gasteiger partial charge in [-0.3, -0.25) is 0 Å². The zero-order chi connectivity index (χ0) is 12.8. The molecule has 1 N–H and O–H groups in total. The summed E-state index contributed by atoms with van der Waals surface area (Å²) in [6, 6.07) is 3.20. The van der Waals surface area contributed by atoms with Gasteiger partial charge in [-0.1, -0.05) is 0 Å². The van der Waals surface area contributed by atoms with E-state index in [-0.39, 0.29) is 10.6 Å². The van der Waals surface area contributed by atoms with E-state index >= 15 is 0 Å². The van der Waals surface area contributed by atoms with Crippen LogP contribution in [0.2, 0.25) is 0 Å². The van der Waals surface area contributed by atoms with Gasteiger partial charge in [0, 0.05) is 6.26 Å². The summed E-state index contributed by atoms with van der Waals surface area (Å²) in [5.74, 6) is 0.278. The van der Waals surface area contributed by atoms with Gasteiger partial charge in [0.25, 0.3) is 0 Å². The predicted octanol–water partition coefficient (Wildman–Crippen LogP) is 1.84. The maximum atomic E-state index is 11.7. The molecule has 1 aromatic rings. The smallest absolute Gasteiger partial charge is 0.179 e. The van der Waals surface area contributed by atoms with Crippen LogP contribution < -0.4 is 4.74 Å². The van der Waals surface area contributed by atoms with E-state index in [4.69, 9.17) is 4.74 Å². The second kappa shape index (κ2) is 3.96. The zero-order valence-corrected chi connectivity index (χ0v) is 11.9. The van der Waals surface area contributed by atoms with Crippen molar-refractivity contribution in [3.63, 3.8) is 0 Å². The Morgan fingerprint density at radius 1 is 1.41 bits per heavy atom. The SMILES string of the molecule is COc1c(Br)cc(C2(O)CC2)cc1S(C)(=O)=O. The van der Waals surface area contributed by atoms with Gasteiger partial charge >= 0.3 is 0 Å². The number of hydrogen-bond donors (Lipinski definition) is 1. The lowest BCUT2D eigenvalue weighted by Crippen LogP contribution is -2.08. The van der Waals surface area contributed by atoms with E-state index in [1.165, 1.54) is 13.2 Å². The van der Waals surface area contributed by atoms with Gasteiger partial charge in [-0.2, -0.15) is 0 Å². The van der Waals surface area contributed by atoms with Crippen LogP contribution in [0.15, 0.2) is 21.5 Å². The van der Waals surface area contributed by atoms with Gasteiger partial charge in [-0.05, 0) is 46.5 Å². The molecule has 0 radical (unpaired) electrons. The van der Waals surface area contributed by atoms with Gasteiger partial charge in [0.15, 0.2) is 15.6 Å². The Morgan fingerprint density at radius 3 is 2.41 bits per heavy atom. The Bertz CT molecular complexity index is 561. The van der Waals surface area contributed by atoms with E-state index in [0.717, 1.165) is 6.26 Å². The van der Waals surface area contributed by atoms with E-state index < -0.39 is 15.4 Å². The molecule has 0 atom stereocenters. The molecule has 0 aromatic heterocycles. The molecule has 1 saturated carbocycles. The Hall–Kier alpha value is -0.590. The number of rotatable bonds is 3. The van der Waals surface area contributed by atoms with Crippen molar-refractivity contribution in [3.05, 3.63) is 22.2 Å². The lowest BCUT2D eigenvalue weighted by atomic mass is 10.1. The largest absolute Gasteiger partial charge is 0.494 e. The van der Waals surface area contributed by atoms with Gasteiger partial charge in [0.2, 0.25) is 0 Å². The van der Waals surface area contributed by atoms with Gasteiger partial charge in [0.1, 0.15) is 4.90 Å². The molecule has 0 amide bonds. The quantitative estimate of drug-likeness (QED) is 0.923. The van der Waals surface area contributed by atoms with Crippen molar-refractivity contribution in [3.8, 4) is 5.75 Å². The lowest BCUT2D eigenvalue weighted by molar-refractivity contribution is 0.151. The molecule has 0 spiro atoms. The van der Waals surface area contributed by atoms with Crippen LogP contribution in [0.4, 0.5) is 0 Å². The number of hydrogen-bond acceptors (Lipinski definition) is 4. The number of ether oxygens (including phenoxy) is 1. The van der Waals surface area contributed by atoms with Crippen LogP contribution in [0.5, 0.6) is 5.75 Å². The fourth-order valence-electron chi connectivity index (χ4n) is 1.72. The van der Waals surface area contributed by atoms with E-state index in [0.29, 0.717) is 22.9 Å². The molecular weight excluding hydrogens is 308 g/mol. The summed E-state index contributed by atoms with van der Waals surface area (Å²) in [4.78, 5) is 0.102. The van der Waals surface area contributed by atoms with Crippen LogP contribution in [0, 0.1) is 0 Å². The minimum absolute atomic E-state index is 0.102. The van der Waals surface area contributed by atoms with Crippen molar-refractivity contribution in [2.24, 2.45) is 0 Å². The fraction of sp³-hybridized carbons (Fsp3) is 0.455. The monoisotopic (exact) mass is 320 g/mol. The van der Waals surface area contributed by atoms with Crippen LogP contribution in [-0.4, -0.2) is 26.9 Å². The molecule has 2 rings (SSSR count). The molecule has 0 unspecified atom stereocenters. The molecule has 6 heteroatoms. The topological polar surface area (TPSA) is 63.6 Å². The van der Waals surface area contributed by atoms with Crippen molar-refractivity contribution in [1.29, 1.82) is 0 Å². The molecule has 0 heterocycles. The number of benzene rings is 1. The normalized spacial score (nSPS) is 17.9. The minimum Gasteiger partial charge on any atom is -0.494 e. The summed E-state index contributed by atoms with van der Waals surface area (Å²) in [6.45, 7) is 0. The maximum Gasteiger partial charge on any atom is 0.179 e. The molecule has 4 nitrogen and oxygen atoms in total. The highest BCUT2D eigenvalue weighted by atomic mass is 79.9. The second-order valence-electron chi connectivity index (χ2n) is 4.29. The average molecular weight is 321 g/mol. The summed E-state index contributed by atoms with van der Waals surface area (Å²) in [5.41, 5.74) is -0.251. The predicted molar refractivity (Wildman–Crippen MR) is 66.9 cm³/mol. The van der Waals surface area contributed by atoms with Gasteiger partial charge in [-0.15, -0.1) is 0 Å². The summed E-state index contributed by atoms with van der Waals surface area (Å²) < 4.78 is 29.0. The zero-order valence-electron chi connectivity index (χ0n) is 9.53. The van der Waals surface area contributed by atoms with Crippen LogP contribution >= 0.6 is 15.9 Å². The molecule has 1 aromatic carbocycles. The third kappa shape index (κ3) is 2.34. The molecule has 1 fully saturated rings. The second-order valence-corrected chi connectivity index (χ2v) is 7.13. The van der Waals surface area contributed by atoms with Crippen LogP contribution in [-0.2, 0) is 15.4 Å². The summed E-state index contributed by atoms with van der Waals surface area (Å²) >= 11 is 3.27. The van der Waals surface area contributed by atoms with Gasteiger partial charge < -0.3 is 9.84 Å². The first-order chi connectivity index (χ1) is 7.78. The third-order valence-electron chi connectivity index (χ3n) is 2.87. The highest BCUT2D eigenvalue weighted by molar-refractivity contribution is 9.10. The first kappa shape index (κ1) is 12.9. The van der Waals surface area contributed by atoms with Crippen molar-refractivity contribution < 1.29 is 18.3 Å². The highest BCUT2D eigenvalue weighted by Crippen LogP contribution is 2.48. The highest BCUT2D eigenvalue weighted by Gasteiger charge is 2.43. The Morgan fingerprint density at radius 2 is 2.00 bits per heavy atom. The van der Waals surface area contributed by atoms with Crippen LogP contribution in [0.25, 0.3) is 0 Å². The third-order valence-corrected chi connectivity index (χ3v) is 4.57. The summed E-state index contributed by atoms with van der Waals surface area (Å²) in [5, 5.41) is 10.0. The minimum atomic E-state index is -3.39. The number of aliphatic hydroxyl groups is 1. The van der Waals surface area contributed by atoms with E-state index in [2.05, 4.69) is 15.9 Å². The van der Waals surface area contributed by atoms with Crippen LogP contribution in [0.3, 0.4) is 0 Å². The van der Waals surface area contributed by atoms with Crippen molar-refractivity contribution >= 4 is 25.8 Å². The Balaban J connectivity index is 2.67. The molecule has 0 aliphatic heterocycles. The molecular formula is C11H13BrO4S. The summed E-state index contributed by atoms with van der Waals surface area (Å²) in [7, 11) is -1.97.